The molecule has 2 aliphatic carbocycles. The van der Waals surface area contributed by atoms with Crippen LogP contribution in [0.25, 0.3) is 10.9 Å². The minimum atomic E-state index is -0.372. The van der Waals surface area contributed by atoms with Gasteiger partial charge in [0, 0.05) is 63.2 Å². The molecule has 1 spiro atoms. The van der Waals surface area contributed by atoms with Crippen molar-refractivity contribution >= 4 is 51.9 Å². The van der Waals surface area contributed by atoms with Crippen molar-refractivity contribution in [1.29, 1.82) is 5.26 Å². The molecule has 302 valence electrons. The Kier molecular flexibility index (Phi) is 10.7. The molecule has 0 unspecified atom stereocenters. The van der Waals surface area contributed by atoms with Gasteiger partial charge in [-0.3, -0.25) is 24.5 Å². The predicted octanol–water partition coefficient (Wildman–Crippen LogP) is 6.25. The van der Waals surface area contributed by atoms with Crippen LogP contribution in [0.4, 0.5) is 16.3 Å². The zero-order valence-corrected chi connectivity index (χ0v) is 33.4. The van der Waals surface area contributed by atoms with Crippen molar-refractivity contribution in [2.75, 3.05) is 49.1 Å². The summed E-state index contributed by atoms with van der Waals surface area (Å²) in [5.74, 6) is 1.80. The Balaban J connectivity index is 0.690. The summed E-state index contributed by atoms with van der Waals surface area (Å²) in [5.41, 5.74) is 3.02. The van der Waals surface area contributed by atoms with Crippen molar-refractivity contribution < 1.29 is 19.1 Å². The Labute approximate surface area is 342 Å². The number of benzene rings is 2. The van der Waals surface area contributed by atoms with Crippen LogP contribution < -0.4 is 25.2 Å². The molecular formula is C43H49ClN10O4. The van der Waals surface area contributed by atoms with Gasteiger partial charge in [0.05, 0.1) is 40.1 Å². The first-order chi connectivity index (χ1) is 28.2. The molecule has 0 radical (unpaired) electrons. The zero-order valence-electron chi connectivity index (χ0n) is 32.6. The number of hydrogen-bond acceptors (Lipinski definition) is 10. The number of nitriles is 1. The zero-order chi connectivity index (χ0) is 39.8. The lowest BCUT2D eigenvalue weighted by atomic mass is 9.57. The molecule has 9 rings (SSSR count). The first-order valence-corrected chi connectivity index (χ1v) is 21.2. The smallest absolute Gasteiger partial charge is 0.328 e. The summed E-state index contributed by atoms with van der Waals surface area (Å²) in [6, 6.07) is 16.9. The number of amides is 4. The number of fused-ring (bicyclic) bond motifs is 1. The van der Waals surface area contributed by atoms with Crippen LogP contribution in [0.2, 0.25) is 5.02 Å². The van der Waals surface area contributed by atoms with Crippen molar-refractivity contribution in [2.24, 2.45) is 11.3 Å². The van der Waals surface area contributed by atoms with E-state index in [4.69, 9.17) is 26.7 Å². The number of piperidine rings is 2. The molecule has 58 heavy (non-hydrogen) atoms. The summed E-state index contributed by atoms with van der Waals surface area (Å²) in [6.45, 7) is 5.55. The third-order valence-electron chi connectivity index (χ3n) is 13.2. The van der Waals surface area contributed by atoms with Crippen molar-refractivity contribution in [1.82, 2.24) is 35.5 Å². The number of aromatic nitrogens is 4. The average molecular weight is 805 g/mol. The van der Waals surface area contributed by atoms with Crippen LogP contribution in [-0.4, -0.2) is 94.1 Å². The lowest BCUT2D eigenvalue weighted by Gasteiger charge is -2.53. The molecule has 0 bridgehead atoms. The summed E-state index contributed by atoms with van der Waals surface area (Å²) < 4.78 is 8.24. The molecule has 14 nitrogen and oxygen atoms in total. The number of rotatable bonds is 9. The standard InChI is InChI=1S/C43H49ClN10O4/c44-35-22-33(7-4-29(35)25-45)58-32-8-5-30(6-9-32)47-41(56)36-10-11-39(50-49-36)52-20-15-43(16-21-52)23-28(24-43)27-51-17-12-31(13-18-51)54-38-3-1-2-37(34(38)26-46-54)53-19-14-40(55)48-42(53)57/h1-4,7,10-11,22,26,28,30-32H,5-6,8-9,12-21,23-24,27H2,(H,47,56)(H,48,55,57)/t30-,32-. The van der Waals surface area contributed by atoms with Gasteiger partial charge >= 0.3 is 6.03 Å². The number of hydrogen-bond donors (Lipinski definition) is 2. The maximum atomic E-state index is 13.0. The second-order valence-corrected chi connectivity index (χ2v) is 17.3. The number of anilines is 2. The number of ether oxygens (including phenoxy) is 1. The fourth-order valence-electron chi connectivity index (χ4n) is 10.1. The number of likely N-dealkylation sites (tertiary alicyclic amines) is 1. The molecule has 4 aromatic rings. The van der Waals surface area contributed by atoms with Gasteiger partial charge < -0.3 is 19.9 Å². The van der Waals surface area contributed by atoms with Gasteiger partial charge in [0.15, 0.2) is 11.5 Å². The molecule has 5 heterocycles. The first kappa shape index (κ1) is 38.3. The van der Waals surface area contributed by atoms with E-state index in [0.717, 1.165) is 112 Å². The van der Waals surface area contributed by atoms with Gasteiger partial charge in [-0.15, -0.1) is 10.2 Å². The number of carbonyl (C=O) groups is 3. The highest BCUT2D eigenvalue weighted by atomic mass is 35.5. The monoisotopic (exact) mass is 804 g/mol. The molecule has 2 aromatic heterocycles. The second-order valence-electron chi connectivity index (χ2n) is 16.9. The Morgan fingerprint density at radius 3 is 2.47 bits per heavy atom. The van der Waals surface area contributed by atoms with E-state index in [1.54, 1.807) is 29.2 Å². The highest BCUT2D eigenvalue weighted by Gasteiger charge is 2.46. The topological polar surface area (TPSA) is 162 Å². The van der Waals surface area contributed by atoms with E-state index in [1.165, 1.54) is 12.8 Å². The summed E-state index contributed by atoms with van der Waals surface area (Å²) in [4.78, 5) is 43.9. The molecular weight excluding hydrogens is 756 g/mol. The van der Waals surface area contributed by atoms with E-state index in [-0.39, 0.29) is 30.0 Å². The molecule has 4 amide bonds. The maximum Gasteiger partial charge on any atom is 0.328 e. The summed E-state index contributed by atoms with van der Waals surface area (Å²) in [5, 5.41) is 29.6. The molecule has 5 fully saturated rings. The minimum Gasteiger partial charge on any atom is -0.490 e. The predicted molar refractivity (Wildman–Crippen MR) is 219 cm³/mol. The van der Waals surface area contributed by atoms with E-state index in [1.807, 2.05) is 24.4 Å². The largest absolute Gasteiger partial charge is 0.490 e. The van der Waals surface area contributed by atoms with Crippen molar-refractivity contribution in [3.8, 4) is 11.8 Å². The highest BCUT2D eigenvalue weighted by Crippen LogP contribution is 2.53. The number of nitrogens with one attached hydrogen (secondary N) is 2. The third kappa shape index (κ3) is 7.94. The lowest BCUT2D eigenvalue weighted by Crippen LogP contribution is -2.50. The number of halogens is 1. The van der Waals surface area contributed by atoms with Crippen LogP contribution in [0.1, 0.15) is 92.7 Å². The number of nitrogens with zero attached hydrogens (tertiary/aromatic N) is 8. The van der Waals surface area contributed by atoms with Gasteiger partial charge in [0.25, 0.3) is 5.91 Å². The summed E-state index contributed by atoms with van der Waals surface area (Å²) in [6.07, 6.45) is 12.4. The molecule has 2 saturated carbocycles. The molecule has 15 heteroatoms. The first-order valence-electron chi connectivity index (χ1n) is 20.8. The summed E-state index contributed by atoms with van der Waals surface area (Å²) >= 11 is 6.16. The fourth-order valence-corrected chi connectivity index (χ4v) is 10.3. The normalized spacial score (nSPS) is 23.0. The van der Waals surface area contributed by atoms with Gasteiger partial charge in [-0.05, 0) is 112 Å². The average Bonchev–Trinajstić information content (AvgIpc) is 3.67. The number of imide groups is 1. The minimum absolute atomic E-state index is 0.0376. The van der Waals surface area contributed by atoms with Gasteiger partial charge in [0.1, 0.15) is 11.8 Å². The van der Waals surface area contributed by atoms with Gasteiger partial charge in [-0.2, -0.15) is 10.4 Å². The van der Waals surface area contributed by atoms with Gasteiger partial charge in [0.2, 0.25) is 5.91 Å². The summed E-state index contributed by atoms with van der Waals surface area (Å²) in [7, 11) is 0. The Bertz CT molecular complexity index is 2210. The van der Waals surface area contributed by atoms with Crippen molar-refractivity contribution in [2.45, 2.75) is 88.8 Å². The van der Waals surface area contributed by atoms with E-state index in [9.17, 15) is 14.4 Å². The third-order valence-corrected chi connectivity index (χ3v) is 13.5. The van der Waals surface area contributed by atoms with E-state index < -0.39 is 0 Å². The van der Waals surface area contributed by atoms with Crippen LogP contribution >= 0.6 is 11.6 Å². The molecule has 3 aliphatic heterocycles. The molecule has 0 atom stereocenters. The van der Waals surface area contributed by atoms with Gasteiger partial charge in [-0.25, -0.2) is 4.79 Å². The van der Waals surface area contributed by atoms with Gasteiger partial charge in [-0.1, -0.05) is 17.7 Å². The van der Waals surface area contributed by atoms with Crippen molar-refractivity contribution in [3.63, 3.8) is 0 Å². The SMILES string of the molecule is N#Cc1ccc(O[C@H]2CC[C@H](NC(=O)c3ccc(N4CCC5(CC4)CC(CN4CCC(n6ncc7c(N8CCC(=O)NC8=O)cccc76)CC4)C5)nn3)CC2)cc1Cl. The Morgan fingerprint density at radius 1 is 0.966 bits per heavy atom. The second kappa shape index (κ2) is 16.2. The quantitative estimate of drug-likeness (QED) is 0.198. The molecule has 2 aromatic carbocycles. The van der Waals surface area contributed by atoms with Crippen molar-refractivity contribution in [3.05, 3.63) is 71.0 Å². The van der Waals surface area contributed by atoms with E-state index in [2.05, 4.69) is 47.4 Å². The fraction of sp³-hybridized carbons (Fsp3) is 0.512. The number of carbonyl (C=O) groups excluding carboxylic acids is 3. The van der Waals surface area contributed by atoms with Crippen LogP contribution in [0.5, 0.6) is 5.75 Å². The highest BCUT2D eigenvalue weighted by molar-refractivity contribution is 6.31. The van der Waals surface area contributed by atoms with Crippen LogP contribution in [0.15, 0.2) is 54.7 Å². The van der Waals surface area contributed by atoms with E-state index >= 15 is 0 Å². The molecule has 5 aliphatic rings. The molecule has 3 saturated heterocycles. The van der Waals surface area contributed by atoms with Crippen LogP contribution in [0.3, 0.4) is 0 Å². The number of urea groups is 1. The maximum absolute atomic E-state index is 13.0. The lowest BCUT2D eigenvalue weighted by molar-refractivity contribution is -0.120. The Morgan fingerprint density at radius 2 is 1.76 bits per heavy atom. The van der Waals surface area contributed by atoms with Crippen LogP contribution in [-0.2, 0) is 4.79 Å². The molecule has 2 N–H and O–H groups in total. The van der Waals surface area contributed by atoms with E-state index in [0.29, 0.717) is 46.5 Å². The Hall–Kier alpha value is -5.26. The van der Waals surface area contributed by atoms with Crippen LogP contribution in [0, 0.1) is 22.7 Å².